The number of aryl methyl sites for hydroxylation is 1. The van der Waals surface area contributed by atoms with E-state index in [1.807, 2.05) is 42.5 Å². The number of aromatic nitrogens is 1. The predicted octanol–water partition coefficient (Wildman–Crippen LogP) is 4.76. The minimum atomic E-state index is -0.434. The van der Waals surface area contributed by atoms with E-state index in [0.29, 0.717) is 6.04 Å². The fraction of sp³-hybridized carbons (Fsp3) is 0.304. The summed E-state index contributed by atoms with van der Waals surface area (Å²) in [5.74, 6) is 0.0355. The summed E-state index contributed by atoms with van der Waals surface area (Å²) in [5, 5.41) is 7.76. The Labute approximate surface area is 160 Å². The van der Waals surface area contributed by atoms with Gasteiger partial charge in [-0.25, -0.2) is 0 Å². The van der Waals surface area contributed by atoms with Gasteiger partial charge in [0.05, 0.1) is 5.52 Å². The van der Waals surface area contributed by atoms with E-state index < -0.39 is 6.04 Å². The van der Waals surface area contributed by atoms with Gasteiger partial charge in [-0.1, -0.05) is 43.2 Å². The lowest BCUT2D eigenvalue weighted by molar-refractivity contribution is -0.122. The molecule has 0 saturated heterocycles. The standard InChI is InChI=1S/C23H25N3O/c1-16-7-2-5-11-20(16)26-22(23(27)25-19-9-3-4-10-19)18-12-13-21-17(15-18)8-6-14-24-21/h2,5-8,11-15,19,22,26H,3-4,9-10H2,1H3,(H,25,27). The van der Waals surface area contributed by atoms with Gasteiger partial charge < -0.3 is 10.6 Å². The third kappa shape index (κ3) is 3.95. The Morgan fingerprint density at radius 2 is 1.89 bits per heavy atom. The molecule has 2 N–H and O–H groups in total. The summed E-state index contributed by atoms with van der Waals surface area (Å²) < 4.78 is 0. The number of rotatable bonds is 5. The highest BCUT2D eigenvalue weighted by Gasteiger charge is 2.25. The van der Waals surface area contributed by atoms with Crippen molar-refractivity contribution in [2.45, 2.75) is 44.7 Å². The average Bonchev–Trinajstić information content (AvgIpc) is 3.20. The van der Waals surface area contributed by atoms with Crippen LogP contribution in [0, 0.1) is 6.92 Å². The maximum atomic E-state index is 13.2. The van der Waals surface area contributed by atoms with E-state index in [2.05, 4.69) is 34.7 Å². The number of anilines is 1. The maximum Gasteiger partial charge on any atom is 0.247 e. The van der Waals surface area contributed by atoms with Crippen LogP contribution in [-0.4, -0.2) is 16.9 Å². The monoisotopic (exact) mass is 359 g/mol. The van der Waals surface area contributed by atoms with Gasteiger partial charge in [-0.05, 0) is 55.2 Å². The number of nitrogens with zero attached hydrogens (tertiary/aromatic N) is 1. The lowest BCUT2D eigenvalue weighted by atomic mass is 10.0. The molecule has 0 bridgehead atoms. The number of hydrogen-bond acceptors (Lipinski definition) is 3. The van der Waals surface area contributed by atoms with Crippen LogP contribution in [0.2, 0.25) is 0 Å². The van der Waals surface area contributed by atoms with Crippen molar-refractivity contribution in [3.8, 4) is 0 Å². The molecule has 1 atom stereocenters. The highest BCUT2D eigenvalue weighted by atomic mass is 16.2. The number of fused-ring (bicyclic) bond motifs is 1. The fourth-order valence-electron chi connectivity index (χ4n) is 3.82. The van der Waals surface area contributed by atoms with Crippen molar-refractivity contribution in [1.29, 1.82) is 0 Å². The van der Waals surface area contributed by atoms with E-state index in [9.17, 15) is 4.79 Å². The molecule has 3 aromatic rings. The number of pyridine rings is 1. The van der Waals surface area contributed by atoms with Crippen LogP contribution >= 0.6 is 0 Å². The zero-order chi connectivity index (χ0) is 18.6. The maximum absolute atomic E-state index is 13.2. The van der Waals surface area contributed by atoms with E-state index in [0.717, 1.165) is 40.6 Å². The largest absolute Gasteiger partial charge is 0.370 e. The minimum absolute atomic E-state index is 0.0355. The molecular formula is C23H25N3O. The van der Waals surface area contributed by atoms with Gasteiger partial charge in [-0.2, -0.15) is 0 Å². The third-order valence-electron chi connectivity index (χ3n) is 5.37. The number of amides is 1. The topological polar surface area (TPSA) is 54.0 Å². The Hall–Kier alpha value is -2.88. The predicted molar refractivity (Wildman–Crippen MR) is 110 cm³/mol. The molecule has 2 aromatic carbocycles. The molecule has 27 heavy (non-hydrogen) atoms. The van der Waals surface area contributed by atoms with Gasteiger partial charge in [0.2, 0.25) is 5.91 Å². The summed E-state index contributed by atoms with van der Waals surface area (Å²) in [5.41, 5.74) is 4.00. The van der Waals surface area contributed by atoms with E-state index in [-0.39, 0.29) is 5.91 Å². The number of benzene rings is 2. The smallest absolute Gasteiger partial charge is 0.247 e. The zero-order valence-electron chi connectivity index (χ0n) is 15.6. The van der Waals surface area contributed by atoms with Crippen LogP contribution in [0.3, 0.4) is 0 Å². The Balaban J connectivity index is 1.67. The molecule has 4 rings (SSSR count). The molecule has 1 aliphatic carbocycles. The van der Waals surface area contributed by atoms with Crippen LogP contribution < -0.4 is 10.6 Å². The summed E-state index contributed by atoms with van der Waals surface area (Å²) in [7, 11) is 0. The quantitative estimate of drug-likeness (QED) is 0.691. The molecule has 0 aliphatic heterocycles. The van der Waals surface area contributed by atoms with Crippen molar-refractivity contribution in [2.24, 2.45) is 0 Å². The van der Waals surface area contributed by atoms with Gasteiger partial charge in [0, 0.05) is 23.3 Å². The van der Waals surface area contributed by atoms with Crippen molar-refractivity contribution < 1.29 is 4.79 Å². The SMILES string of the molecule is Cc1ccccc1NC(C(=O)NC1CCCC1)c1ccc2ncccc2c1. The normalized spacial score (nSPS) is 15.6. The summed E-state index contributed by atoms with van der Waals surface area (Å²) >= 11 is 0. The van der Waals surface area contributed by atoms with Gasteiger partial charge >= 0.3 is 0 Å². The first-order valence-corrected chi connectivity index (χ1v) is 9.68. The van der Waals surface area contributed by atoms with Gasteiger partial charge in [0.25, 0.3) is 0 Å². The van der Waals surface area contributed by atoms with Crippen LogP contribution in [0.5, 0.6) is 0 Å². The lowest BCUT2D eigenvalue weighted by Crippen LogP contribution is -2.39. The molecule has 1 fully saturated rings. The van der Waals surface area contributed by atoms with Crippen LogP contribution in [0.1, 0.15) is 42.9 Å². The molecule has 1 unspecified atom stereocenters. The van der Waals surface area contributed by atoms with Crippen LogP contribution in [0.4, 0.5) is 5.69 Å². The first kappa shape index (κ1) is 17.5. The van der Waals surface area contributed by atoms with Gasteiger partial charge in [0.1, 0.15) is 6.04 Å². The highest BCUT2D eigenvalue weighted by Crippen LogP contribution is 2.26. The lowest BCUT2D eigenvalue weighted by Gasteiger charge is -2.23. The van der Waals surface area contributed by atoms with Crippen molar-refractivity contribution in [2.75, 3.05) is 5.32 Å². The molecule has 0 spiro atoms. The molecule has 0 radical (unpaired) electrons. The van der Waals surface area contributed by atoms with Gasteiger partial charge in [-0.3, -0.25) is 9.78 Å². The molecule has 138 valence electrons. The Kier molecular flexibility index (Phi) is 5.05. The molecule has 4 nitrogen and oxygen atoms in total. The number of hydrogen-bond donors (Lipinski definition) is 2. The highest BCUT2D eigenvalue weighted by molar-refractivity contribution is 5.88. The Bertz CT molecular complexity index is 947. The van der Waals surface area contributed by atoms with Crippen molar-refractivity contribution in [3.05, 3.63) is 71.9 Å². The Morgan fingerprint density at radius 3 is 2.70 bits per heavy atom. The molecule has 1 aliphatic rings. The van der Waals surface area contributed by atoms with Crippen LogP contribution in [0.15, 0.2) is 60.8 Å². The summed E-state index contributed by atoms with van der Waals surface area (Å²) in [6.45, 7) is 2.05. The molecule has 4 heteroatoms. The summed E-state index contributed by atoms with van der Waals surface area (Å²) in [6, 6.07) is 17.9. The van der Waals surface area contributed by atoms with Crippen molar-refractivity contribution >= 4 is 22.5 Å². The third-order valence-corrected chi connectivity index (χ3v) is 5.37. The second-order valence-corrected chi connectivity index (χ2v) is 7.34. The summed E-state index contributed by atoms with van der Waals surface area (Å²) in [6.07, 6.45) is 6.33. The average molecular weight is 359 g/mol. The number of para-hydroxylation sites is 1. The second kappa shape index (κ2) is 7.78. The van der Waals surface area contributed by atoms with E-state index >= 15 is 0 Å². The molecule has 1 amide bonds. The molecule has 1 aromatic heterocycles. The van der Waals surface area contributed by atoms with Gasteiger partial charge in [0.15, 0.2) is 0 Å². The Morgan fingerprint density at radius 1 is 1.07 bits per heavy atom. The first-order chi connectivity index (χ1) is 13.2. The zero-order valence-corrected chi connectivity index (χ0v) is 15.6. The fourth-order valence-corrected chi connectivity index (χ4v) is 3.82. The van der Waals surface area contributed by atoms with E-state index in [4.69, 9.17) is 0 Å². The molecule has 1 saturated carbocycles. The number of carbonyl (C=O) groups excluding carboxylic acids is 1. The minimum Gasteiger partial charge on any atom is -0.370 e. The number of carbonyl (C=O) groups is 1. The van der Waals surface area contributed by atoms with Crippen molar-refractivity contribution in [1.82, 2.24) is 10.3 Å². The van der Waals surface area contributed by atoms with Crippen molar-refractivity contribution in [3.63, 3.8) is 0 Å². The van der Waals surface area contributed by atoms with Crippen LogP contribution in [0.25, 0.3) is 10.9 Å². The number of nitrogens with one attached hydrogen (secondary N) is 2. The van der Waals surface area contributed by atoms with E-state index in [1.54, 1.807) is 6.20 Å². The summed E-state index contributed by atoms with van der Waals surface area (Å²) in [4.78, 5) is 17.5. The molecule has 1 heterocycles. The van der Waals surface area contributed by atoms with Gasteiger partial charge in [-0.15, -0.1) is 0 Å². The van der Waals surface area contributed by atoms with E-state index in [1.165, 1.54) is 12.8 Å². The second-order valence-electron chi connectivity index (χ2n) is 7.34. The first-order valence-electron chi connectivity index (χ1n) is 9.68. The van der Waals surface area contributed by atoms with Crippen LogP contribution in [-0.2, 0) is 4.79 Å². The molecular weight excluding hydrogens is 334 g/mol.